The van der Waals surface area contributed by atoms with Crippen LogP contribution in [0.15, 0.2) is 96.7 Å². The number of fused-ring (bicyclic) bond motifs is 4. The number of benzene rings is 1. The smallest absolute Gasteiger partial charge is 0.253 e. The summed E-state index contributed by atoms with van der Waals surface area (Å²) in [4.78, 5) is 25.3. The Morgan fingerprint density at radius 3 is 2.75 bits per heavy atom. The first kappa shape index (κ1) is 32.6. The van der Waals surface area contributed by atoms with Crippen LogP contribution in [-0.4, -0.2) is 46.7 Å². The molecule has 2 N–H and O–H groups in total. The maximum absolute atomic E-state index is 13.8. The molecule has 1 unspecified atom stereocenters. The van der Waals surface area contributed by atoms with E-state index in [1.807, 2.05) is 61.5 Å². The Bertz CT molecular complexity index is 1540. The van der Waals surface area contributed by atoms with E-state index in [0.29, 0.717) is 40.7 Å². The molecule has 1 aromatic carbocycles. The van der Waals surface area contributed by atoms with Gasteiger partial charge in [0, 0.05) is 31.3 Å². The number of aromatic nitrogens is 2. The number of ether oxygens (including phenoxy) is 1. The fraction of sp³-hybridized carbons (Fsp3) is 0.333. The average molecular weight is 610 g/mol. The second kappa shape index (κ2) is 16.0. The van der Waals surface area contributed by atoms with Gasteiger partial charge in [0.25, 0.3) is 5.91 Å². The molecule has 7 nitrogen and oxygen atoms in total. The largest absolute Gasteiger partial charge is 0.479 e. The highest BCUT2D eigenvalue weighted by atomic mass is 32.2. The molecule has 3 heterocycles. The van der Waals surface area contributed by atoms with Crippen LogP contribution in [0.25, 0.3) is 5.57 Å². The van der Waals surface area contributed by atoms with E-state index in [4.69, 9.17) is 9.72 Å². The minimum Gasteiger partial charge on any atom is -0.479 e. The number of amides is 1. The van der Waals surface area contributed by atoms with E-state index >= 15 is 0 Å². The minimum atomic E-state index is -0.124. The van der Waals surface area contributed by atoms with Crippen LogP contribution in [0.4, 0.5) is 11.6 Å². The number of hydrogen-bond donors (Lipinski definition) is 2. The number of anilines is 2. The number of nitrogens with one attached hydrogen (secondary N) is 2. The van der Waals surface area contributed by atoms with Crippen LogP contribution in [0.5, 0.6) is 0 Å². The first-order valence-electron chi connectivity index (χ1n) is 15.0. The van der Waals surface area contributed by atoms with Gasteiger partial charge in [-0.1, -0.05) is 61.5 Å². The van der Waals surface area contributed by atoms with Gasteiger partial charge < -0.3 is 20.3 Å². The topological polar surface area (TPSA) is 79.4 Å². The molecule has 2 atom stereocenters. The third-order valence-corrected chi connectivity index (χ3v) is 8.79. The third-order valence-electron chi connectivity index (χ3n) is 7.51. The second-order valence-electron chi connectivity index (χ2n) is 11.1. The van der Waals surface area contributed by atoms with Gasteiger partial charge >= 0.3 is 0 Å². The highest BCUT2D eigenvalue weighted by Crippen LogP contribution is 2.29. The Labute approximate surface area is 266 Å². The first-order valence-corrected chi connectivity index (χ1v) is 16.1. The van der Waals surface area contributed by atoms with E-state index < -0.39 is 0 Å². The molecule has 8 heteroatoms. The minimum absolute atomic E-state index is 0.112. The molecular weight excluding hydrogens is 566 g/mol. The summed E-state index contributed by atoms with van der Waals surface area (Å²) >= 11 is 1.80. The van der Waals surface area contributed by atoms with Crippen LogP contribution >= 0.6 is 11.8 Å². The van der Waals surface area contributed by atoms with Gasteiger partial charge in [-0.3, -0.25) is 4.79 Å². The summed E-state index contributed by atoms with van der Waals surface area (Å²) < 4.78 is 6.31. The van der Waals surface area contributed by atoms with Crippen molar-refractivity contribution in [2.24, 2.45) is 0 Å². The Hall–Kier alpha value is -4.26. The molecule has 2 aromatic heterocycles. The molecule has 1 aliphatic heterocycles. The maximum Gasteiger partial charge on any atom is 0.253 e. The third kappa shape index (κ3) is 8.88. The van der Waals surface area contributed by atoms with E-state index in [1.54, 1.807) is 24.0 Å². The van der Waals surface area contributed by atoms with Crippen molar-refractivity contribution in [3.8, 4) is 0 Å². The number of pyridine rings is 2. The fourth-order valence-electron chi connectivity index (χ4n) is 4.87. The Morgan fingerprint density at radius 1 is 1.23 bits per heavy atom. The summed E-state index contributed by atoms with van der Waals surface area (Å²) in [5.74, 6) is 2.49. The number of nitrogens with zero attached hydrogens (tertiary/aromatic N) is 3. The lowest BCUT2D eigenvalue weighted by molar-refractivity contribution is 0.0933. The molecule has 230 valence electrons. The molecule has 0 radical (unpaired) electrons. The van der Waals surface area contributed by atoms with Gasteiger partial charge in [-0.05, 0) is 68.5 Å². The van der Waals surface area contributed by atoms with Crippen molar-refractivity contribution in [3.63, 3.8) is 0 Å². The lowest BCUT2D eigenvalue weighted by Gasteiger charge is -2.22. The van der Waals surface area contributed by atoms with Crippen LogP contribution in [0.3, 0.4) is 0 Å². The number of hydrogen-bond acceptors (Lipinski definition) is 7. The van der Waals surface area contributed by atoms with Crippen LogP contribution in [0, 0.1) is 0 Å². The summed E-state index contributed by atoms with van der Waals surface area (Å²) in [6, 6.07) is 17.8. The van der Waals surface area contributed by atoms with E-state index in [0.717, 1.165) is 41.7 Å². The quantitative estimate of drug-likeness (QED) is 0.198. The number of allylic oxidation sites excluding steroid dienone is 4. The van der Waals surface area contributed by atoms with Gasteiger partial charge in [0.1, 0.15) is 11.6 Å². The van der Waals surface area contributed by atoms with Gasteiger partial charge in [-0.2, -0.15) is 11.8 Å². The molecule has 1 aliphatic rings. The summed E-state index contributed by atoms with van der Waals surface area (Å²) in [6.45, 7) is 10.7. The van der Waals surface area contributed by atoms with Crippen LogP contribution < -0.4 is 10.6 Å². The molecule has 0 saturated carbocycles. The van der Waals surface area contributed by atoms with Crippen molar-refractivity contribution in [3.05, 3.63) is 119 Å². The molecular formula is C36H43N5O2S. The number of thioether (sulfide) groups is 1. The Kier molecular flexibility index (Phi) is 11.9. The standard InChI is InChI=1S/C36H43N5O2S/c1-7-13-29-32-16-12-17-33(38-32)40-34-22-28(24-44-26(4)20-21-43-36(29)41(5)6)30(23-37-34)35(42)39-31(19-18-25(3)8-2)27-14-10-9-11-15-27/h8-17,22-23,26,31H,1,18-21,24H2,2-6H3,(H,39,42)(H,37,38,40)/b25-8-,36-29-/t26-,31?/m0/s1. The van der Waals surface area contributed by atoms with Crippen LogP contribution in [0.1, 0.15) is 73.3 Å². The van der Waals surface area contributed by atoms with Crippen molar-refractivity contribution in [1.29, 1.82) is 0 Å². The predicted octanol–water partition coefficient (Wildman–Crippen LogP) is 8.05. The molecule has 0 aliphatic carbocycles. The predicted molar refractivity (Wildman–Crippen MR) is 183 cm³/mol. The van der Waals surface area contributed by atoms with Crippen LogP contribution in [-0.2, 0) is 10.5 Å². The average Bonchev–Trinajstić information content (AvgIpc) is 3.03. The molecule has 44 heavy (non-hydrogen) atoms. The van der Waals surface area contributed by atoms with Gasteiger partial charge in [0.15, 0.2) is 5.88 Å². The van der Waals surface area contributed by atoms with Crippen LogP contribution in [0.2, 0.25) is 0 Å². The maximum atomic E-state index is 13.8. The molecule has 4 bridgehead atoms. The van der Waals surface area contributed by atoms with Gasteiger partial charge in [0.05, 0.1) is 29.5 Å². The van der Waals surface area contributed by atoms with E-state index in [9.17, 15) is 4.79 Å². The molecule has 3 aromatic rings. The summed E-state index contributed by atoms with van der Waals surface area (Å²) in [5, 5.41) is 6.96. The lowest BCUT2D eigenvalue weighted by atomic mass is 9.98. The lowest BCUT2D eigenvalue weighted by Crippen LogP contribution is -2.29. The van der Waals surface area contributed by atoms with E-state index in [-0.39, 0.29) is 11.9 Å². The van der Waals surface area contributed by atoms with Gasteiger partial charge in [-0.25, -0.2) is 9.97 Å². The van der Waals surface area contributed by atoms with Crippen molar-refractivity contribution in [2.75, 3.05) is 26.0 Å². The number of carbonyl (C=O) groups is 1. The van der Waals surface area contributed by atoms with Crippen molar-refractivity contribution in [1.82, 2.24) is 20.2 Å². The first-order chi connectivity index (χ1) is 21.3. The normalized spacial score (nSPS) is 17.9. The van der Waals surface area contributed by atoms with E-state index in [1.165, 1.54) is 5.57 Å². The number of carbonyl (C=O) groups excluding carboxylic acids is 1. The van der Waals surface area contributed by atoms with Crippen molar-refractivity contribution in [2.45, 2.75) is 57.1 Å². The molecule has 0 saturated heterocycles. The summed E-state index contributed by atoms with van der Waals surface area (Å²) in [7, 11) is 3.90. The molecule has 0 spiro atoms. The Balaban J connectivity index is 1.68. The van der Waals surface area contributed by atoms with Gasteiger partial charge in [-0.15, -0.1) is 5.73 Å². The van der Waals surface area contributed by atoms with Gasteiger partial charge in [0.2, 0.25) is 0 Å². The zero-order valence-electron chi connectivity index (χ0n) is 26.4. The molecule has 1 amide bonds. The monoisotopic (exact) mass is 609 g/mol. The highest BCUT2D eigenvalue weighted by molar-refractivity contribution is 7.99. The van der Waals surface area contributed by atoms with Crippen molar-refractivity contribution >= 4 is 34.9 Å². The second-order valence-corrected chi connectivity index (χ2v) is 12.5. The SMILES string of the molecule is C=C=C/C1=C(\N(C)C)OCC[C@H](C)SCc2cc(ncc2C(=O)NC(CC/C(C)=C\C)c2ccccc2)Nc2cccc1n2. The van der Waals surface area contributed by atoms with E-state index in [2.05, 4.69) is 66.9 Å². The Morgan fingerprint density at radius 2 is 2.02 bits per heavy atom. The van der Waals surface area contributed by atoms with Crippen molar-refractivity contribution < 1.29 is 9.53 Å². The fourth-order valence-corrected chi connectivity index (χ4v) is 5.83. The number of rotatable bonds is 8. The zero-order valence-corrected chi connectivity index (χ0v) is 27.2. The molecule has 0 fully saturated rings. The molecule has 4 rings (SSSR count). The highest BCUT2D eigenvalue weighted by Gasteiger charge is 2.21. The summed E-state index contributed by atoms with van der Waals surface area (Å²) in [5.41, 5.74) is 8.30. The summed E-state index contributed by atoms with van der Waals surface area (Å²) in [6.07, 6.45) is 8.15. The zero-order chi connectivity index (χ0) is 31.5.